The van der Waals surface area contributed by atoms with E-state index in [-0.39, 0.29) is 23.1 Å². The number of morpholine rings is 1. The molecule has 1 heterocycles. The largest absolute Gasteiger partial charge is 0.364 e. The van der Waals surface area contributed by atoms with Crippen molar-refractivity contribution in [2.24, 2.45) is 0 Å². The lowest BCUT2D eigenvalue weighted by atomic mass is 10.2. The third kappa shape index (κ3) is 4.16. The number of nitrogens with one attached hydrogen (secondary N) is 2. The van der Waals surface area contributed by atoms with Gasteiger partial charge in [0.05, 0.1) is 10.7 Å². The summed E-state index contributed by atoms with van der Waals surface area (Å²) in [7, 11) is 0. The summed E-state index contributed by atoms with van der Waals surface area (Å²) >= 11 is 5.88. The number of carbonyl (C=O) groups excluding carboxylic acids is 1. The van der Waals surface area contributed by atoms with E-state index in [9.17, 15) is 9.18 Å². The van der Waals surface area contributed by atoms with E-state index in [1.54, 1.807) is 0 Å². The van der Waals surface area contributed by atoms with E-state index >= 15 is 0 Å². The molecule has 3 atom stereocenters. The number of hydrogen-bond acceptors (Lipinski definition) is 2. The van der Waals surface area contributed by atoms with Crippen LogP contribution in [-0.4, -0.2) is 37.7 Å². The molecule has 1 saturated heterocycles. The summed E-state index contributed by atoms with van der Waals surface area (Å²) in [5.74, 6) is -0.552. The van der Waals surface area contributed by atoms with Crippen molar-refractivity contribution in [3.05, 3.63) is 29.0 Å². The summed E-state index contributed by atoms with van der Waals surface area (Å²) in [5, 5.41) is 2.92. The van der Waals surface area contributed by atoms with Crippen LogP contribution in [0.5, 0.6) is 0 Å². The van der Waals surface area contributed by atoms with Crippen molar-refractivity contribution in [3.8, 4) is 0 Å². The van der Waals surface area contributed by atoms with Crippen LogP contribution in [0.3, 0.4) is 0 Å². The number of ether oxygens (including phenoxy) is 1. The van der Waals surface area contributed by atoms with Gasteiger partial charge in [0.25, 0.3) is 5.91 Å². The Morgan fingerprint density at radius 2 is 2.10 bits per heavy atom. The highest BCUT2D eigenvalue weighted by molar-refractivity contribution is 6.33. The van der Waals surface area contributed by atoms with Gasteiger partial charge in [0.15, 0.2) is 6.54 Å². The predicted molar refractivity (Wildman–Crippen MR) is 75.6 cm³/mol. The second-order valence-electron chi connectivity index (χ2n) is 5.26. The van der Waals surface area contributed by atoms with Crippen molar-refractivity contribution < 1.29 is 18.8 Å². The molecule has 0 saturated carbocycles. The first-order chi connectivity index (χ1) is 9.44. The highest BCUT2D eigenvalue weighted by Gasteiger charge is 2.27. The van der Waals surface area contributed by atoms with Crippen LogP contribution in [0.2, 0.25) is 5.02 Å². The number of benzene rings is 1. The third-order valence-electron chi connectivity index (χ3n) is 3.23. The van der Waals surface area contributed by atoms with E-state index in [2.05, 4.69) is 5.32 Å². The second kappa shape index (κ2) is 6.52. The fraction of sp³-hybridized carbons (Fsp3) is 0.500. The van der Waals surface area contributed by atoms with Crippen LogP contribution in [0.15, 0.2) is 18.2 Å². The molecule has 0 bridgehead atoms. The molecular weight excluding hydrogens is 283 g/mol. The van der Waals surface area contributed by atoms with Crippen LogP contribution < -0.4 is 10.2 Å². The van der Waals surface area contributed by atoms with Gasteiger partial charge in [-0.15, -0.1) is 0 Å². The van der Waals surface area contributed by atoms with E-state index in [4.69, 9.17) is 16.3 Å². The van der Waals surface area contributed by atoms with Gasteiger partial charge >= 0.3 is 0 Å². The lowest BCUT2D eigenvalue weighted by Gasteiger charge is -2.31. The Morgan fingerprint density at radius 3 is 2.70 bits per heavy atom. The zero-order valence-corrected chi connectivity index (χ0v) is 12.3. The highest BCUT2D eigenvalue weighted by Crippen LogP contribution is 2.21. The average Bonchev–Trinajstić information content (AvgIpc) is 2.31. The van der Waals surface area contributed by atoms with Crippen LogP contribution >= 0.6 is 11.6 Å². The molecule has 0 spiro atoms. The summed E-state index contributed by atoms with van der Waals surface area (Å²) in [6, 6.07) is 3.92. The molecule has 2 rings (SSSR count). The quantitative estimate of drug-likeness (QED) is 0.878. The molecule has 1 aliphatic rings. The monoisotopic (exact) mass is 301 g/mol. The molecule has 6 heteroatoms. The van der Waals surface area contributed by atoms with Crippen LogP contribution in [0.4, 0.5) is 10.1 Å². The smallest absolute Gasteiger partial charge is 0.279 e. The van der Waals surface area contributed by atoms with Gasteiger partial charge in [-0.05, 0) is 32.0 Å². The molecule has 4 nitrogen and oxygen atoms in total. The molecular formula is C14H19ClFN2O2+. The fourth-order valence-electron chi connectivity index (χ4n) is 2.55. The summed E-state index contributed by atoms with van der Waals surface area (Å²) < 4.78 is 18.6. The third-order valence-corrected chi connectivity index (χ3v) is 3.55. The number of hydrogen-bond donors (Lipinski definition) is 2. The van der Waals surface area contributed by atoms with E-state index in [0.29, 0.717) is 12.2 Å². The zero-order valence-electron chi connectivity index (χ0n) is 11.6. The summed E-state index contributed by atoms with van der Waals surface area (Å²) in [6.07, 6.45) is 0.298. The van der Waals surface area contributed by atoms with Crippen molar-refractivity contribution in [1.82, 2.24) is 0 Å². The van der Waals surface area contributed by atoms with Gasteiger partial charge in [0.1, 0.15) is 31.1 Å². The Labute approximate surface area is 122 Å². The maximum Gasteiger partial charge on any atom is 0.279 e. The topological polar surface area (TPSA) is 42.8 Å². The Balaban J connectivity index is 1.92. The molecule has 20 heavy (non-hydrogen) atoms. The normalized spacial score (nSPS) is 26.3. The molecule has 2 N–H and O–H groups in total. The molecule has 1 aromatic rings. The maximum atomic E-state index is 12.9. The minimum absolute atomic E-state index is 0.130. The molecule has 1 fully saturated rings. The van der Waals surface area contributed by atoms with Crippen LogP contribution in [0.1, 0.15) is 13.8 Å². The summed E-state index contributed by atoms with van der Waals surface area (Å²) in [4.78, 5) is 13.2. The number of rotatable bonds is 3. The number of quaternary nitrogens is 1. The lowest BCUT2D eigenvalue weighted by molar-refractivity contribution is -0.907. The van der Waals surface area contributed by atoms with Gasteiger partial charge < -0.3 is 15.0 Å². The molecule has 0 aromatic heterocycles. The lowest BCUT2D eigenvalue weighted by Crippen LogP contribution is -3.16. The van der Waals surface area contributed by atoms with Crippen molar-refractivity contribution in [1.29, 1.82) is 0 Å². The zero-order chi connectivity index (χ0) is 14.7. The highest BCUT2D eigenvalue weighted by atomic mass is 35.5. The number of halogens is 2. The Bertz CT molecular complexity index is 488. The Kier molecular flexibility index (Phi) is 4.96. The van der Waals surface area contributed by atoms with Crippen molar-refractivity contribution in [2.75, 3.05) is 25.0 Å². The van der Waals surface area contributed by atoms with Gasteiger partial charge in [-0.1, -0.05) is 11.6 Å². The fourth-order valence-corrected chi connectivity index (χ4v) is 2.76. The Morgan fingerprint density at radius 1 is 1.45 bits per heavy atom. The number of anilines is 1. The van der Waals surface area contributed by atoms with Gasteiger partial charge in [-0.2, -0.15) is 0 Å². The SMILES string of the molecule is C[C@@H]1C[NH+](CC(=O)Nc2ccc(F)cc2Cl)C[C@H](C)O1. The first-order valence-electron chi connectivity index (χ1n) is 6.68. The van der Waals surface area contributed by atoms with Gasteiger partial charge in [-0.25, -0.2) is 4.39 Å². The van der Waals surface area contributed by atoms with E-state index < -0.39 is 5.82 Å². The molecule has 1 aromatic carbocycles. The van der Waals surface area contributed by atoms with Crippen molar-refractivity contribution >= 4 is 23.2 Å². The van der Waals surface area contributed by atoms with Crippen LogP contribution in [0.25, 0.3) is 0 Å². The van der Waals surface area contributed by atoms with E-state index in [0.717, 1.165) is 13.1 Å². The van der Waals surface area contributed by atoms with Crippen LogP contribution in [0, 0.1) is 5.82 Å². The van der Waals surface area contributed by atoms with Gasteiger partial charge in [-0.3, -0.25) is 4.79 Å². The summed E-state index contributed by atoms with van der Waals surface area (Å²) in [5.41, 5.74) is 0.437. The van der Waals surface area contributed by atoms with E-state index in [1.807, 2.05) is 13.8 Å². The minimum atomic E-state index is -0.422. The molecule has 1 aliphatic heterocycles. The minimum Gasteiger partial charge on any atom is -0.364 e. The van der Waals surface area contributed by atoms with Crippen molar-refractivity contribution in [3.63, 3.8) is 0 Å². The van der Waals surface area contributed by atoms with Gasteiger partial charge in [0, 0.05) is 0 Å². The number of carbonyl (C=O) groups is 1. The number of amides is 1. The van der Waals surface area contributed by atoms with Crippen molar-refractivity contribution in [2.45, 2.75) is 26.1 Å². The van der Waals surface area contributed by atoms with E-state index in [1.165, 1.54) is 23.1 Å². The molecule has 1 unspecified atom stereocenters. The summed E-state index contributed by atoms with van der Waals surface area (Å²) in [6.45, 7) is 5.96. The standard InChI is InChI=1S/C14H18ClFN2O2/c1-9-6-18(7-10(2)20-9)8-14(19)17-13-4-3-11(16)5-12(13)15/h3-5,9-10H,6-8H2,1-2H3,(H,17,19)/p+1/t9-,10+. The second-order valence-corrected chi connectivity index (χ2v) is 5.67. The first kappa shape index (κ1) is 15.2. The maximum absolute atomic E-state index is 12.9. The first-order valence-corrected chi connectivity index (χ1v) is 7.05. The Hall–Kier alpha value is -1.17. The molecule has 0 aliphatic carbocycles. The molecule has 1 amide bonds. The molecule has 110 valence electrons. The van der Waals surface area contributed by atoms with Crippen LogP contribution in [-0.2, 0) is 9.53 Å². The predicted octanol–water partition coefficient (Wildman–Crippen LogP) is 1.11. The average molecular weight is 302 g/mol. The van der Waals surface area contributed by atoms with Gasteiger partial charge in [0.2, 0.25) is 0 Å². The molecule has 0 radical (unpaired) electrons.